The lowest BCUT2D eigenvalue weighted by Gasteiger charge is -2.29. The van der Waals surface area contributed by atoms with Gasteiger partial charge in [0.1, 0.15) is 0 Å². The lowest BCUT2D eigenvalue weighted by atomic mass is 9.76. The Morgan fingerprint density at radius 3 is 2.62 bits per heavy atom. The second kappa shape index (κ2) is 6.50. The van der Waals surface area contributed by atoms with E-state index >= 15 is 0 Å². The fourth-order valence-electron chi connectivity index (χ4n) is 3.31. The van der Waals surface area contributed by atoms with Gasteiger partial charge in [0.25, 0.3) is 0 Å². The highest BCUT2D eigenvalue weighted by Gasteiger charge is 2.27. The zero-order chi connectivity index (χ0) is 15.5. The van der Waals surface area contributed by atoms with Gasteiger partial charge >= 0.3 is 0 Å². The summed E-state index contributed by atoms with van der Waals surface area (Å²) < 4.78 is 0. The molecule has 0 radical (unpaired) electrons. The molecule has 0 saturated heterocycles. The van der Waals surface area contributed by atoms with E-state index in [9.17, 15) is 4.79 Å². The lowest BCUT2D eigenvalue weighted by molar-refractivity contribution is 0.100. The van der Waals surface area contributed by atoms with E-state index in [1.54, 1.807) is 6.07 Å². The number of anilines is 1. The van der Waals surface area contributed by atoms with Crippen LogP contribution >= 0.6 is 0 Å². The second-order valence-corrected chi connectivity index (χ2v) is 7.36. The molecule has 2 atom stereocenters. The van der Waals surface area contributed by atoms with Crippen LogP contribution < -0.4 is 11.1 Å². The van der Waals surface area contributed by atoms with Gasteiger partial charge in [0.2, 0.25) is 5.91 Å². The first kappa shape index (κ1) is 15.9. The Kier molecular flexibility index (Phi) is 4.92. The van der Waals surface area contributed by atoms with Crippen LogP contribution in [0.15, 0.2) is 24.3 Å². The molecule has 21 heavy (non-hydrogen) atoms. The molecular formula is C18H28N2O. The Morgan fingerprint density at radius 1 is 1.19 bits per heavy atom. The van der Waals surface area contributed by atoms with Crippen molar-refractivity contribution in [2.75, 3.05) is 5.32 Å². The van der Waals surface area contributed by atoms with Gasteiger partial charge in [0, 0.05) is 17.3 Å². The summed E-state index contributed by atoms with van der Waals surface area (Å²) in [6, 6.07) is 8.01. The van der Waals surface area contributed by atoms with Crippen molar-refractivity contribution in [2.45, 2.75) is 58.9 Å². The lowest BCUT2D eigenvalue weighted by Crippen LogP contribution is -2.22. The molecule has 2 rings (SSSR count). The van der Waals surface area contributed by atoms with Crippen LogP contribution in [0.1, 0.15) is 63.2 Å². The summed E-state index contributed by atoms with van der Waals surface area (Å²) in [7, 11) is 0. The molecule has 0 bridgehead atoms. The molecule has 2 unspecified atom stereocenters. The van der Waals surface area contributed by atoms with E-state index in [0.717, 1.165) is 11.6 Å². The molecule has 1 aromatic carbocycles. The van der Waals surface area contributed by atoms with Crippen molar-refractivity contribution in [3.05, 3.63) is 29.8 Å². The molecular weight excluding hydrogens is 260 g/mol. The maximum Gasteiger partial charge on any atom is 0.248 e. The van der Waals surface area contributed by atoms with Crippen molar-refractivity contribution < 1.29 is 4.79 Å². The Morgan fingerprint density at radius 2 is 1.95 bits per heavy atom. The fraction of sp³-hybridized carbons (Fsp3) is 0.611. The Bertz CT molecular complexity index is 490. The van der Waals surface area contributed by atoms with E-state index in [1.165, 1.54) is 32.1 Å². The van der Waals surface area contributed by atoms with Gasteiger partial charge in [-0.3, -0.25) is 4.79 Å². The van der Waals surface area contributed by atoms with Crippen LogP contribution in [0, 0.1) is 11.3 Å². The molecule has 3 nitrogen and oxygen atoms in total. The van der Waals surface area contributed by atoms with Gasteiger partial charge in [-0.05, 0) is 55.2 Å². The minimum absolute atomic E-state index is 0.368. The van der Waals surface area contributed by atoms with Crippen molar-refractivity contribution in [1.82, 2.24) is 0 Å². The molecule has 116 valence electrons. The third-order valence-electron chi connectivity index (χ3n) is 4.71. The molecule has 1 aromatic rings. The monoisotopic (exact) mass is 288 g/mol. The van der Waals surface area contributed by atoms with Gasteiger partial charge in [-0.15, -0.1) is 0 Å². The van der Waals surface area contributed by atoms with E-state index in [1.807, 2.05) is 18.2 Å². The van der Waals surface area contributed by atoms with Crippen LogP contribution in [0.25, 0.3) is 0 Å². The standard InChI is InChI=1S/C18H28N2O/c1-18(2,3)14-7-5-8-15(11-10-14)20-16-9-4-6-13(12-16)17(19)21/h4,6,9,12,14-15,20H,5,7-8,10-11H2,1-3H3,(H2,19,21). The van der Waals surface area contributed by atoms with Gasteiger partial charge in [0.05, 0.1) is 0 Å². The number of nitrogens with one attached hydrogen (secondary N) is 1. The summed E-state index contributed by atoms with van der Waals surface area (Å²) in [6.45, 7) is 7.05. The Labute approximate surface area is 128 Å². The molecule has 0 aromatic heterocycles. The highest BCUT2D eigenvalue weighted by Crippen LogP contribution is 2.37. The van der Waals surface area contributed by atoms with Gasteiger partial charge < -0.3 is 11.1 Å². The van der Waals surface area contributed by atoms with E-state index in [0.29, 0.717) is 17.0 Å². The SMILES string of the molecule is CC(C)(C)C1CCCC(Nc2cccc(C(N)=O)c2)CC1. The first-order valence-electron chi connectivity index (χ1n) is 8.02. The van der Waals surface area contributed by atoms with E-state index in [-0.39, 0.29) is 5.91 Å². The van der Waals surface area contributed by atoms with Crippen LogP contribution in [0.5, 0.6) is 0 Å². The van der Waals surface area contributed by atoms with Crippen molar-refractivity contribution in [2.24, 2.45) is 17.1 Å². The van der Waals surface area contributed by atoms with E-state index < -0.39 is 0 Å². The molecule has 0 spiro atoms. The molecule has 0 heterocycles. The zero-order valence-electron chi connectivity index (χ0n) is 13.5. The average molecular weight is 288 g/mol. The van der Waals surface area contributed by atoms with Crippen molar-refractivity contribution in [1.29, 1.82) is 0 Å². The van der Waals surface area contributed by atoms with E-state index in [2.05, 4.69) is 26.1 Å². The van der Waals surface area contributed by atoms with Crippen molar-refractivity contribution in [3.63, 3.8) is 0 Å². The van der Waals surface area contributed by atoms with Gasteiger partial charge in [-0.2, -0.15) is 0 Å². The summed E-state index contributed by atoms with van der Waals surface area (Å²) in [5.41, 5.74) is 7.32. The topological polar surface area (TPSA) is 55.1 Å². The molecule has 1 saturated carbocycles. The second-order valence-electron chi connectivity index (χ2n) is 7.36. The highest BCUT2D eigenvalue weighted by atomic mass is 16.1. The molecule has 0 aliphatic heterocycles. The van der Waals surface area contributed by atoms with Gasteiger partial charge in [-0.1, -0.05) is 33.3 Å². The molecule has 1 fully saturated rings. The number of carbonyl (C=O) groups is 1. The number of rotatable bonds is 3. The largest absolute Gasteiger partial charge is 0.382 e. The van der Waals surface area contributed by atoms with Crippen LogP contribution in [-0.2, 0) is 0 Å². The van der Waals surface area contributed by atoms with Crippen LogP contribution in [0.2, 0.25) is 0 Å². The number of nitrogens with two attached hydrogens (primary N) is 1. The summed E-state index contributed by atoms with van der Waals surface area (Å²) >= 11 is 0. The summed E-state index contributed by atoms with van der Waals surface area (Å²) in [5, 5.41) is 3.58. The number of carbonyl (C=O) groups excluding carboxylic acids is 1. The van der Waals surface area contributed by atoms with Gasteiger partial charge in [0.15, 0.2) is 0 Å². The smallest absolute Gasteiger partial charge is 0.248 e. The Hall–Kier alpha value is -1.51. The van der Waals surface area contributed by atoms with Gasteiger partial charge in [-0.25, -0.2) is 0 Å². The zero-order valence-corrected chi connectivity index (χ0v) is 13.5. The molecule has 3 heteroatoms. The number of hydrogen-bond acceptors (Lipinski definition) is 2. The number of hydrogen-bond donors (Lipinski definition) is 2. The van der Waals surface area contributed by atoms with Crippen LogP contribution in [0.3, 0.4) is 0 Å². The van der Waals surface area contributed by atoms with Crippen LogP contribution in [-0.4, -0.2) is 11.9 Å². The quantitative estimate of drug-likeness (QED) is 0.819. The maximum atomic E-state index is 11.2. The average Bonchev–Trinajstić information content (AvgIpc) is 2.64. The first-order chi connectivity index (χ1) is 9.86. The molecule has 1 aliphatic rings. The fourth-order valence-corrected chi connectivity index (χ4v) is 3.31. The summed E-state index contributed by atoms with van der Waals surface area (Å²) in [5.74, 6) is 0.438. The molecule has 3 N–H and O–H groups in total. The van der Waals surface area contributed by atoms with Crippen LogP contribution in [0.4, 0.5) is 5.69 Å². The highest BCUT2D eigenvalue weighted by molar-refractivity contribution is 5.93. The van der Waals surface area contributed by atoms with Crippen molar-refractivity contribution >= 4 is 11.6 Å². The number of primary amides is 1. The predicted molar refractivity (Wildman–Crippen MR) is 88.4 cm³/mol. The molecule has 1 aliphatic carbocycles. The number of benzene rings is 1. The minimum Gasteiger partial charge on any atom is -0.382 e. The normalized spacial score (nSPS) is 23.4. The van der Waals surface area contributed by atoms with E-state index in [4.69, 9.17) is 5.73 Å². The number of amides is 1. The summed E-state index contributed by atoms with van der Waals surface area (Å²) in [4.78, 5) is 11.2. The first-order valence-corrected chi connectivity index (χ1v) is 8.02. The molecule has 1 amide bonds. The maximum absolute atomic E-state index is 11.2. The Balaban J connectivity index is 1.98. The third-order valence-corrected chi connectivity index (χ3v) is 4.71. The summed E-state index contributed by atoms with van der Waals surface area (Å²) in [6.07, 6.45) is 6.27. The third kappa shape index (κ3) is 4.48. The minimum atomic E-state index is -0.368. The van der Waals surface area contributed by atoms with Crippen molar-refractivity contribution in [3.8, 4) is 0 Å². The predicted octanol–water partition coefficient (Wildman–Crippen LogP) is 4.19.